The van der Waals surface area contributed by atoms with Gasteiger partial charge < -0.3 is 10.2 Å². The van der Waals surface area contributed by atoms with Crippen LogP contribution in [0.2, 0.25) is 0 Å². The van der Waals surface area contributed by atoms with Gasteiger partial charge in [-0.3, -0.25) is 4.79 Å². The average Bonchev–Trinajstić information content (AvgIpc) is 2.77. The number of benzene rings is 3. The van der Waals surface area contributed by atoms with Crippen molar-refractivity contribution < 1.29 is 9.63 Å². The molecule has 1 N–H and O–H groups in total. The van der Waals surface area contributed by atoms with Crippen LogP contribution in [-0.2, 0) is 10.8 Å². The topological polar surface area (TPSA) is 50.7 Å². The van der Waals surface area contributed by atoms with Crippen molar-refractivity contribution in [1.29, 1.82) is 0 Å². The Balaban J connectivity index is 1.52. The van der Waals surface area contributed by atoms with Crippen LogP contribution >= 0.6 is 0 Å². The standard InChI is InChI=1S/C28H32N2O2/c1-6-29-26(31)22-10-9-20-15-19(7-8-21(20)16-22)18-30-32-23-11-12-24-25(17-23)28(4,5)14-13-27(24,2)3/h7-12,15-18H,6,13-14H2,1-5H3,(H,29,31). The van der Waals surface area contributed by atoms with Gasteiger partial charge in [0.25, 0.3) is 5.91 Å². The van der Waals surface area contributed by atoms with E-state index in [2.05, 4.69) is 50.3 Å². The van der Waals surface area contributed by atoms with Crippen LogP contribution in [0.5, 0.6) is 5.75 Å². The third-order valence-electron chi connectivity index (χ3n) is 6.65. The highest BCUT2D eigenvalue weighted by Gasteiger charge is 2.37. The van der Waals surface area contributed by atoms with Crippen molar-refractivity contribution in [2.75, 3.05) is 6.54 Å². The van der Waals surface area contributed by atoms with E-state index < -0.39 is 0 Å². The number of carbonyl (C=O) groups excluding carboxylic acids is 1. The van der Waals surface area contributed by atoms with E-state index in [9.17, 15) is 4.79 Å². The molecule has 1 amide bonds. The minimum absolute atomic E-state index is 0.0509. The monoisotopic (exact) mass is 428 g/mol. The van der Waals surface area contributed by atoms with Crippen molar-refractivity contribution >= 4 is 22.9 Å². The lowest BCUT2D eigenvalue weighted by Gasteiger charge is -2.41. The molecule has 0 aliphatic heterocycles. The first-order valence-electron chi connectivity index (χ1n) is 11.4. The summed E-state index contributed by atoms with van der Waals surface area (Å²) in [7, 11) is 0. The summed E-state index contributed by atoms with van der Waals surface area (Å²) in [5.74, 6) is 0.711. The van der Waals surface area contributed by atoms with Gasteiger partial charge in [-0.1, -0.05) is 57.1 Å². The number of hydrogen-bond donors (Lipinski definition) is 1. The van der Waals surface area contributed by atoms with Crippen molar-refractivity contribution in [1.82, 2.24) is 5.32 Å². The fourth-order valence-corrected chi connectivity index (χ4v) is 4.52. The summed E-state index contributed by atoms with van der Waals surface area (Å²) >= 11 is 0. The first-order valence-corrected chi connectivity index (χ1v) is 11.4. The molecule has 0 radical (unpaired) electrons. The van der Waals surface area contributed by atoms with Crippen LogP contribution in [-0.4, -0.2) is 18.7 Å². The minimum Gasteiger partial charge on any atom is -0.357 e. The van der Waals surface area contributed by atoms with Crippen LogP contribution in [0.3, 0.4) is 0 Å². The molecule has 166 valence electrons. The Bertz CT molecular complexity index is 1190. The van der Waals surface area contributed by atoms with E-state index in [1.165, 1.54) is 24.0 Å². The molecule has 0 spiro atoms. The summed E-state index contributed by atoms with van der Waals surface area (Å²) in [6.07, 6.45) is 4.09. The first kappa shape index (κ1) is 22.1. The lowest BCUT2D eigenvalue weighted by Crippen LogP contribution is -2.33. The number of nitrogens with one attached hydrogen (secondary N) is 1. The van der Waals surface area contributed by atoms with Crippen LogP contribution in [0.25, 0.3) is 10.8 Å². The fraction of sp³-hybridized carbons (Fsp3) is 0.357. The number of oxime groups is 1. The molecule has 3 aromatic rings. The second-order valence-corrected chi connectivity index (χ2v) is 9.98. The van der Waals surface area contributed by atoms with Gasteiger partial charge in [0, 0.05) is 12.1 Å². The van der Waals surface area contributed by atoms with Gasteiger partial charge in [0.15, 0.2) is 5.75 Å². The van der Waals surface area contributed by atoms with Crippen molar-refractivity contribution in [2.45, 2.75) is 58.3 Å². The predicted molar refractivity (Wildman–Crippen MR) is 132 cm³/mol. The number of rotatable bonds is 5. The molecule has 4 nitrogen and oxygen atoms in total. The van der Waals surface area contributed by atoms with Crippen LogP contribution in [0.4, 0.5) is 0 Å². The van der Waals surface area contributed by atoms with Crippen molar-refractivity contribution in [3.63, 3.8) is 0 Å². The van der Waals surface area contributed by atoms with Gasteiger partial charge in [-0.2, -0.15) is 0 Å². The van der Waals surface area contributed by atoms with Crippen LogP contribution < -0.4 is 10.2 Å². The largest absolute Gasteiger partial charge is 0.357 e. The lowest BCUT2D eigenvalue weighted by atomic mass is 9.63. The Kier molecular flexibility index (Phi) is 5.81. The molecule has 1 aliphatic carbocycles. The maximum absolute atomic E-state index is 12.0. The molecule has 0 aromatic heterocycles. The van der Waals surface area contributed by atoms with E-state index >= 15 is 0 Å². The highest BCUT2D eigenvalue weighted by atomic mass is 16.6. The summed E-state index contributed by atoms with van der Waals surface area (Å²) in [5, 5.41) is 9.14. The third-order valence-corrected chi connectivity index (χ3v) is 6.65. The molecule has 32 heavy (non-hydrogen) atoms. The predicted octanol–water partition coefficient (Wildman–Crippen LogP) is 6.35. The summed E-state index contributed by atoms with van der Waals surface area (Å²) < 4.78 is 0. The zero-order valence-electron chi connectivity index (χ0n) is 19.7. The maximum Gasteiger partial charge on any atom is 0.251 e. The number of amides is 1. The molecule has 4 rings (SSSR count). The minimum atomic E-state index is -0.0509. The summed E-state index contributed by atoms with van der Waals surface area (Å²) in [5.41, 5.74) is 4.71. The highest BCUT2D eigenvalue weighted by Crippen LogP contribution is 2.46. The highest BCUT2D eigenvalue weighted by molar-refractivity contribution is 5.99. The summed E-state index contributed by atoms with van der Waals surface area (Å²) in [6, 6.07) is 18.1. The third kappa shape index (κ3) is 4.40. The molecule has 0 heterocycles. The van der Waals surface area contributed by atoms with Gasteiger partial charge in [-0.05, 0) is 88.4 Å². The zero-order valence-corrected chi connectivity index (χ0v) is 19.7. The van der Waals surface area contributed by atoms with Gasteiger partial charge in [-0.15, -0.1) is 0 Å². The Morgan fingerprint density at radius 1 is 0.938 bits per heavy atom. The molecule has 1 aliphatic rings. The molecule has 0 atom stereocenters. The van der Waals surface area contributed by atoms with Crippen molar-refractivity contribution in [3.8, 4) is 5.75 Å². The molecule has 0 fully saturated rings. The van der Waals surface area contributed by atoms with Gasteiger partial charge in [-0.25, -0.2) is 0 Å². The normalized spacial score (nSPS) is 16.7. The van der Waals surface area contributed by atoms with Crippen LogP contribution in [0.15, 0.2) is 59.8 Å². The maximum atomic E-state index is 12.0. The van der Waals surface area contributed by atoms with Gasteiger partial charge >= 0.3 is 0 Å². The smallest absolute Gasteiger partial charge is 0.251 e. The molecule has 0 bridgehead atoms. The second kappa shape index (κ2) is 8.42. The van der Waals surface area contributed by atoms with Gasteiger partial charge in [0.2, 0.25) is 0 Å². The van der Waals surface area contributed by atoms with E-state index in [1.807, 2.05) is 49.4 Å². The SMILES string of the molecule is CCNC(=O)c1ccc2cc(C=NOc3ccc4c(c3)C(C)(C)CCC4(C)C)ccc2c1. The van der Waals surface area contributed by atoms with Crippen LogP contribution in [0, 0.1) is 0 Å². The number of carbonyl (C=O) groups is 1. The average molecular weight is 429 g/mol. The van der Waals surface area contributed by atoms with Crippen molar-refractivity contribution in [2.24, 2.45) is 5.16 Å². The second-order valence-electron chi connectivity index (χ2n) is 9.98. The molecular formula is C28H32N2O2. The lowest BCUT2D eigenvalue weighted by molar-refractivity contribution is 0.0956. The zero-order chi connectivity index (χ0) is 22.9. The molecule has 0 saturated heterocycles. The molecule has 0 unspecified atom stereocenters. The number of hydrogen-bond acceptors (Lipinski definition) is 3. The Morgan fingerprint density at radius 3 is 2.38 bits per heavy atom. The molecular weight excluding hydrogens is 396 g/mol. The quantitative estimate of drug-likeness (QED) is 0.380. The van der Waals surface area contributed by atoms with E-state index in [-0.39, 0.29) is 16.7 Å². The van der Waals surface area contributed by atoms with Gasteiger partial charge in [0.1, 0.15) is 0 Å². The van der Waals surface area contributed by atoms with E-state index in [1.54, 1.807) is 6.21 Å². The van der Waals surface area contributed by atoms with Crippen molar-refractivity contribution in [3.05, 3.63) is 76.9 Å². The van der Waals surface area contributed by atoms with Crippen LogP contribution in [0.1, 0.15) is 74.5 Å². The number of nitrogens with zero attached hydrogens (tertiary/aromatic N) is 1. The van der Waals surface area contributed by atoms with E-state index in [4.69, 9.17) is 4.84 Å². The fourth-order valence-electron chi connectivity index (χ4n) is 4.52. The summed E-state index contributed by atoms with van der Waals surface area (Å²) in [6.45, 7) is 11.8. The van der Waals surface area contributed by atoms with E-state index in [0.29, 0.717) is 12.1 Å². The first-order chi connectivity index (χ1) is 15.2. The number of fused-ring (bicyclic) bond motifs is 2. The Morgan fingerprint density at radius 2 is 1.62 bits per heavy atom. The molecule has 0 saturated carbocycles. The molecule has 4 heteroatoms. The summed E-state index contributed by atoms with van der Waals surface area (Å²) in [4.78, 5) is 17.8. The Hall–Kier alpha value is -3.14. The van der Waals surface area contributed by atoms with E-state index in [0.717, 1.165) is 22.1 Å². The Labute approximate surface area is 190 Å². The molecule has 3 aromatic carbocycles. The van der Waals surface area contributed by atoms with Gasteiger partial charge in [0.05, 0.1) is 6.21 Å².